The smallest absolute Gasteiger partial charge is 0.336 e. The molecule has 0 amide bonds. The maximum absolute atomic E-state index is 11.4. The maximum Gasteiger partial charge on any atom is 0.336 e. The third kappa shape index (κ3) is 7.16. The van der Waals surface area contributed by atoms with Crippen LogP contribution >= 0.6 is 0 Å². The number of hydrogen-bond donors (Lipinski definition) is 0. The van der Waals surface area contributed by atoms with Crippen LogP contribution in [0.2, 0.25) is 0 Å². The lowest BCUT2D eigenvalue weighted by Crippen LogP contribution is -2.47. The molecule has 0 aromatic carbocycles. The van der Waals surface area contributed by atoms with E-state index in [1.54, 1.807) is 7.11 Å². The summed E-state index contributed by atoms with van der Waals surface area (Å²) in [7, 11) is 3.01. The Morgan fingerprint density at radius 1 is 1.15 bits per heavy atom. The van der Waals surface area contributed by atoms with Crippen molar-refractivity contribution in [3.8, 4) is 0 Å². The molecule has 1 rings (SSSR count). The Kier molecular flexibility index (Phi) is 9.52. The average Bonchev–Trinajstić information content (AvgIpc) is 2.49. The van der Waals surface area contributed by atoms with Crippen LogP contribution in [0.1, 0.15) is 0 Å². The first-order valence-electron chi connectivity index (χ1n) is 6.84. The molecule has 1 unspecified atom stereocenters. The largest absolute Gasteiger partial charge is 0.467 e. The lowest BCUT2D eigenvalue weighted by molar-refractivity contribution is -0.160. The Bertz CT molecular complexity index is 263. The number of esters is 1. The fourth-order valence-electron chi connectivity index (χ4n) is 1.84. The van der Waals surface area contributed by atoms with E-state index in [4.69, 9.17) is 18.9 Å². The van der Waals surface area contributed by atoms with Crippen LogP contribution in [0.5, 0.6) is 0 Å². The SMILES string of the molecule is COCCOCCOCCN1CCOC(C(=O)OC)C1. The van der Waals surface area contributed by atoms with E-state index in [0.29, 0.717) is 46.2 Å². The Balaban J connectivity index is 2.00. The molecule has 118 valence electrons. The first-order valence-corrected chi connectivity index (χ1v) is 6.84. The molecule has 1 fully saturated rings. The number of morpholine rings is 1. The Morgan fingerprint density at radius 2 is 1.85 bits per heavy atom. The minimum absolute atomic E-state index is 0.317. The van der Waals surface area contributed by atoms with Crippen LogP contribution in [0, 0.1) is 0 Å². The summed E-state index contributed by atoms with van der Waals surface area (Å²) in [6, 6.07) is 0. The van der Waals surface area contributed by atoms with E-state index in [2.05, 4.69) is 9.64 Å². The number of methoxy groups -OCH3 is 2. The lowest BCUT2D eigenvalue weighted by atomic mass is 10.3. The van der Waals surface area contributed by atoms with Gasteiger partial charge < -0.3 is 23.7 Å². The molecular formula is C13H25NO6. The minimum atomic E-state index is -0.480. The van der Waals surface area contributed by atoms with Gasteiger partial charge >= 0.3 is 5.97 Å². The molecule has 1 aliphatic heterocycles. The first kappa shape index (κ1) is 17.3. The molecule has 0 saturated carbocycles. The van der Waals surface area contributed by atoms with E-state index in [-0.39, 0.29) is 5.97 Å². The number of nitrogens with zero attached hydrogens (tertiary/aromatic N) is 1. The molecule has 1 aliphatic rings. The van der Waals surface area contributed by atoms with Gasteiger partial charge in [0.15, 0.2) is 6.10 Å². The first-order chi connectivity index (χ1) is 9.77. The zero-order chi connectivity index (χ0) is 14.6. The second-order valence-corrected chi connectivity index (χ2v) is 4.40. The van der Waals surface area contributed by atoms with Crippen LogP contribution < -0.4 is 0 Å². The van der Waals surface area contributed by atoms with E-state index in [9.17, 15) is 4.79 Å². The van der Waals surface area contributed by atoms with Crippen LogP contribution in [-0.2, 0) is 28.5 Å². The highest BCUT2D eigenvalue weighted by molar-refractivity contribution is 5.74. The summed E-state index contributed by atoms with van der Waals surface area (Å²) in [6.45, 7) is 5.61. The van der Waals surface area contributed by atoms with E-state index < -0.39 is 6.10 Å². The van der Waals surface area contributed by atoms with Crippen molar-refractivity contribution in [1.29, 1.82) is 0 Å². The summed E-state index contributed by atoms with van der Waals surface area (Å²) in [4.78, 5) is 13.5. The van der Waals surface area contributed by atoms with Crippen LogP contribution in [0.3, 0.4) is 0 Å². The highest BCUT2D eigenvalue weighted by Gasteiger charge is 2.26. The van der Waals surface area contributed by atoms with Gasteiger partial charge in [-0.1, -0.05) is 0 Å². The lowest BCUT2D eigenvalue weighted by Gasteiger charge is -2.31. The number of carbonyl (C=O) groups excluding carboxylic acids is 1. The molecule has 0 aliphatic carbocycles. The molecule has 1 heterocycles. The van der Waals surface area contributed by atoms with Gasteiger partial charge in [-0.25, -0.2) is 4.79 Å². The summed E-state index contributed by atoms with van der Waals surface area (Å²) < 4.78 is 25.7. The van der Waals surface area contributed by atoms with Crippen molar-refractivity contribution in [3.63, 3.8) is 0 Å². The number of carbonyl (C=O) groups is 1. The number of hydrogen-bond acceptors (Lipinski definition) is 7. The van der Waals surface area contributed by atoms with E-state index in [1.807, 2.05) is 0 Å². The third-order valence-electron chi connectivity index (χ3n) is 2.97. The van der Waals surface area contributed by atoms with Crippen molar-refractivity contribution in [2.24, 2.45) is 0 Å². The second kappa shape index (κ2) is 11.0. The molecule has 0 aromatic heterocycles. The van der Waals surface area contributed by atoms with Gasteiger partial charge in [-0.2, -0.15) is 0 Å². The zero-order valence-electron chi connectivity index (χ0n) is 12.3. The van der Waals surface area contributed by atoms with Crippen LogP contribution in [0.25, 0.3) is 0 Å². The highest BCUT2D eigenvalue weighted by Crippen LogP contribution is 2.06. The summed E-state index contributed by atoms with van der Waals surface area (Å²) >= 11 is 0. The van der Waals surface area contributed by atoms with Crippen LogP contribution in [0.15, 0.2) is 0 Å². The molecule has 0 N–H and O–H groups in total. The Hall–Kier alpha value is -0.730. The zero-order valence-corrected chi connectivity index (χ0v) is 12.3. The topological polar surface area (TPSA) is 66.5 Å². The fraction of sp³-hybridized carbons (Fsp3) is 0.923. The molecular weight excluding hydrogens is 266 g/mol. The van der Waals surface area contributed by atoms with Crippen LogP contribution in [-0.4, -0.2) is 90.5 Å². The van der Waals surface area contributed by atoms with Crippen molar-refractivity contribution in [3.05, 3.63) is 0 Å². The summed E-state index contributed by atoms with van der Waals surface area (Å²) in [5.41, 5.74) is 0. The van der Waals surface area contributed by atoms with E-state index >= 15 is 0 Å². The summed E-state index contributed by atoms with van der Waals surface area (Å²) in [6.07, 6.45) is -0.480. The van der Waals surface area contributed by atoms with E-state index in [0.717, 1.165) is 13.1 Å². The average molecular weight is 291 g/mol. The van der Waals surface area contributed by atoms with Crippen LogP contribution in [0.4, 0.5) is 0 Å². The van der Waals surface area contributed by atoms with Gasteiger partial charge in [-0.15, -0.1) is 0 Å². The Labute approximate surface area is 120 Å². The summed E-state index contributed by atoms with van der Waals surface area (Å²) in [5, 5.41) is 0. The predicted octanol–water partition coefficient (Wildman–Crippen LogP) is -0.460. The number of ether oxygens (including phenoxy) is 5. The van der Waals surface area contributed by atoms with Crippen molar-refractivity contribution >= 4 is 5.97 Å². The Morgan fingerprint density at radius 3 is 2.55 bits per heavy atom. The molecule has 0 bridgehead atoms. The maximum atomic E-state index is 11.4. The van der Waals surface area contributed by atoms with Gasteiger partial charge in [0.25, 0.3) is 0 Å². The number of rotatable bonds is 10. The molecule has 20 heavy (non-hydrogen) atoms. The van der Waals surface area contributed by atoms with Crippen molar-refractivity contribution in [2.45, 2.75) is 6.10 Å². The predicted molar refractivity (Wildman–Crippen MR) is 71.7 cm³/mol. The molecule has 0 spiro atoms. The normalized spacial score (nSPS) is 20.0. The van der Waals surface area contributed by atoms with Crippen molar-refractivity contribution < 1.29 is 28.5 Å². The van der Waals surface area contributed by atoms with Crippen molar-refractivity contribution in [1.82, 2.24) is 4.90 Å². The molecule has 7 nitrogen and oxygen atoms in total. The summed E-state index contributed by atoms with van der Waals surface area (Å²) in [5.74, 6) is -0.317. The highest BCUT2D eigenvalue weighted by atomic mass is 16.6. The molecule has 1 atom stereocenters. The second-order valence-electron chi connectivity index (χ2n) is 4.40. The standard InChI is InChI=1S/C13H25NO6/c1-16-7-8-19-10-9-18-5-3-14-4-6-20-12(11-14)13(15)17-2/h12H,3-11H2,1-2H3. The molecule has 7 heteroatoms. The van der Waals surface area contributed by atoms with Gasteiger partial charge in [-0.05, 0) is 0 Å². The van der Waals surface area contributed by atoms with Gasteiger partial charge in [-0.3, -0.25) is 4.90 Å². The van der Waals surface area contributed by atoms with Crippen molar-refractivity contribution in [2.75, 3.05) is 73.5 Å². The van der Waals surface area contributed by atoms with Gasteiger partial charge in [0.05, 0.1) is 46.8 Å². The minimum Gasteiger partial charge on any atom is -0.467 e. The quantitative estimate of drug-likeness (QED) is 0.398. The monoisotopic (exact) mass is 291 g/mol. The third-order valence-corrected chi connectivity index (χ3v) is 2.97. The van der Waals surface area contributed by atoms with Gasteiger partial charge in [0.2, 0.25) is 0 Å². The van der Waals surface area contributed by atoms with Gasteiger partial charge in [0.1, 0.15) is 0 Å². The molecule has 0 radical (unpaired) electrons. The van der Waals surface area contributed by atoms with E-state index in [1.165, 1.54) is 7.11 Å². The molecule has 1 saturated heterocycles. The van der Waals surface area contributed by atoms with Gasteiger partial charge in [0, 0.05) is 26.7 Å². The molecule has 0 aromatic rings. The fourth-order valence-corrected chi connectivity index (χ4v) is 1.84.